The molecule has 0 bridgehead atoms. The Labute approximate surface area is 102 Å². The van der Waals surface area contributed by atoms with E-state index in [1.54, 1.807) is 6.33 Å². The van der Waals surface area contributed by atoms with Gasteiger partial charge in [-0.2, -0.15) is 0 Å². The average Bonchev–Trinajstić information content (AvgIpc) is 2.74. The zero-order valence-corrected chi connectivity index (χ0v) is 10.7. The van der Waals surface area contributed by atoms with Crippen LogP contribution >= 0.6 is 0 Å². The van der Waals surface area contributed by atoms with Crippen molar-refractivity contribution in [3.63, 3.8) is 0 Å². The second-order valence-electron chi connectivity index (χ2n) is 4.74. The fourth-order valence-corrected chi connectivity index (χ4v) is 2.34. The zero-order valence-electron chi connectivity index (χ0n) is 10.7. The van der Waals surface area contributed by atoms with Crippen LogP contribution in [-0.4, -0.2) is 33.5 Å². The molecular weight excluding hydrogens is 216 g/mol. The van der Waals surface area contributed by atoms with E-state index in [1.807, 2.05) is 18.7 Å². The van der Waals surface area contributed by atoms with Gasteiger partial charge in [0.05, 0.1) is 18.1 Å². The average molecular weight is 236 g/mol. The molecule has 1 aromatic heterocycles. The number of hydrogen-bond donors (Lipinski definition) is 2. The van der Waals surface area contributed by atoms with Crippen LogP contribution in [0.25, 0.3) is 0 Å². The van der Waals surface area contributed by atoms with E-state index < -0.39 is 0 Å². The molecule has 0 spiro atoms. The Morgan fingerprint density at radius 2 is 2.47 bits per heavy atom. The van der Waals surface area contributed by atoms with Crippen LogP contribution in [0, 0.1) is 0 Å². The molecule has 0 saturated heterocycles. The number of aromatic amines is 1. The van der Waals surface area contributed by atoms with Crippen molar-refractivity contribution in [3.05, 3.63) is 17.7 Å². The summed E-state index contributed by atoms with van der Waals surface area (Å²) in [5.41, 5.74) is 2.20. The van der Waals surface area contributed by atoms with E-state index >= 15 is 0 Å². The highest BCUT2D eigenvalue weighted by Gasteiger charge is 2.31. The number of nitrogens with one attached hydrogen (secondary N) is 2. The van der Waals surface area contributed by atoms with Gasteiger partial charge in [0, 0.05) is 24.7 Å². The molecule has 17 heavy (non-hydrogen) atoms. The van der Waals surface area contributed by atoms with E-state index in [-0.39, 0.29) is 18.1 Å². The van der Waals surface area contributed by atoms with Crippen molar-refractivity contribution >= 4 is 6.03 Å². The number of imidazole rings is 1. The van der Waals surface area contributed by atoms with Crippen molar-refractivity contribution < 1.29 is 4.79 Å². The minimum atomic E-state index is 0.0144. The Balaban J connectivity index is 2.17. The van der Waals surface area contributed by atoms with Gasteiger partial charge >= 0.3 is 6.03 Å². The molecule has 1 aromatic rings. The quantitative estimate of drug-likeness (QED) is 0.823. The molecule has 1 aliphatic heterocycles. The van der Waals surface area contributed by atoms with Crippen molar-refractivity contribution in [1.29, 1.82) is 0 Å². The zero-order chi connectivity index (χ0) is 12.4. The van der Waals surface area contributed by atoms with Crippen LogP contribution in [0.2, 0.25) is 0 Å². The monoisotopic (exact) mass is 236 g/mol. The summed E-state index contributed by atoms with van der Waals surface area (Å²) < 4.78 is 0. The SMILES string of the molecule is CCC1c2nc[nH]c2CCN1C(=O)NC(C)C. The summed E-state index contributed by atoms with van der Waals surface area (Å²) in [5.74, 6) is 0. The maximum absolute atomic E-state index is 12.1. The van der Waals surface area contributed by atoms with Gasteiger partial charge in [0.15, 0.2) is 0 Å². The molecule has 1 unspecified atom stereocenters. The number of hydrogen-bond acceptors (Lipinski definition) is 2. The summed E-state index contributed by atoms with van der Waals surface area (Å²) in [4.78, 5) is 21.5. The number of aromatic nitrogens is 2. The third-order valence-electron chi connectivity index (χ3n) is 3.11. The number of fused-ring (bicyclic) bond motifs is 1. The Kier molecular flexibility index (Phi) is 3.36. The van der Waals surface area contributed by atoms with Crippen molar-refractivity contribution in [1.82, 2.24) is 20.2 Å². The van der Waals surface area contributed by atoms with Crippen LogP contribution in [0.3, 0.4) is 0 Å². The van der Waals surface area contributed by atoms with E-state index in [1.165, 1.54) is 5.69 Å². The summed E-state index contributed by atoms with van der Waals surface area (Å²) in [6.45, 7) is 6.79. The van der Waals surface area contributed by atoms with Crippen molar-refractivity contribution in [2.75, 3.05) is 6.54 Å². The molecule has 94 valence electrons. The predicted octanol–water partition coefficient (Wildman–Crippen LogP) is 1.84. The Bertz CT molecular complexity index is 399. The highest BCUT2D eigenvalue weighted by molar-refractivity contribution is 5.75. The van der Waals surface area contributed by atoms with Gasteiger partial charge in [-0.05, 0) is 20.3 Å². The molecule has 0 saturated carbocycles. The van der Waals surface area contributed by atoms with Gasteiger partial charge in [0.2, 0.25) is 0 Å². The second-order valence-corrected chi connectivity index (χ2v) is 4.74. The molecule has 5 nitrogen and oxygen atoms in total. The number of rotatable bonds is 2. The summed E-state index contributed by atoms with van der Waals surface area (Å²) in [5, 5.41) is 2.95. The first-order chi connectivity index (χ1) is 8.13. The molecule has 1 aliphatic rings. The highest BCUT2D eigenvalue weighted by atomic mass is 16.2. The van der Waals surface area contributed by atoms with Gasteiger partial charge in [-0.25, -0.2) is 9.78 Å². The molecule has 0 fully saturated rings. The van der Waals surface area contributed by atoms with Crippen molar-refractivity contribution in [2.45, 2.75) is 45.7 Å². The van der Waals surface area contributed by atoms with Crippen LogP contribution in [0.5, 0.6) is 0 Å². The standard InChI is InChI=1S/C12H20N4O/c1-4-10-11-9(13-7-14-11)5-6-16(10)12(17)15-8(2)3/h7-8,10H,4-6H2,1-3H3,(H,13,14)(H,15,17). The van der Waals surface area contributed by atoms with E-state index in [0.717, 1.165) is 25.1 Å². The topological polar surface area (TPSA) is 61.0 Å². The fourth-order valence-electron chi connectivity index (χ4n) is 2.34. The van der Waals surface area contributed by atoms with Crippen LogP contribution in [0.15, 0.2) is 6.33 Å². The minimum Gasteiger partial charge on any atom is -0.348 e. The van der Waals surface area contributed by atoms with E-state index in [4.69, 9.17) is 0 Å². The number of carbonyl (C=O) groups is 1. The lowest BCUT2D eigenvalue weighted by Gasteiger charge is -2.34. The predicted molar refractivity (Wildman–Crippen MR) is 65.7 cm³/mol. The van der Waals surface area contributed by atoms with Gasteiger partial charge in [0.1, 0.15) is 0 Å². The van der Waals surface area contributed by atoms with Gasteiger partial charge in [-0.15, -0.1) is 0 Å². The largest absolute Gasteiger partial charge is 0.348 e. The molecule has 0 aliphatic carbocycles. The third kappa shape index (κ3) is 2.28. The van der Waals surface area contributed by atoms with E-state index in [2.05, 4.69) is 22.2 Å². The molecule has 0 aromatic carbocycles. The van der Waals surface area contributed by atoms with Gasteiger partial charge in [0.25, 0.3) is 0 Å². The summed E-state index contributed by atoms with van der Waals surface area (Å²) in [6.07, 6.45) is 3.47. The molecule has 2 rings (SSSR count). The van der Waals surface area contributed by atoms with E-state index in [9.17, 15) is 4.79 Å². The lowest BCUT2D eigenvalue weighted by Crippen LogP contribution is -2.47. The number of urea groups is 1. The van der Waals surface area contributed by atoms with Crippen LogP contribution in [0.4, 0.5) is 4.79 Å². The van der Waals surface area contributed by atoms with Crippen molar-refractivity contribution in [2.24, 2.45) is 0 Å². The Morgan fingerprint density at radius 3 is 3.12 bits per heavy atom. The van der Waals surface area contributed by atoms with Crippen LogP contribution < -0.4 is 5.32 Å². The molecule has 2 amide bonds. The lowest BCUT2D eigenvalue weighted by atomic mass is 10.0. The van der Waals surface area contributed by atoms with E-state index in [0.29, 0.717) is 0 Å². The number of H-pyrrole nitrogens is 1. The lowest BCUT2D eigenvalue weighted by molar-refractivity contribution is 0.163. The first-order valence-electron chi connectivity index (χ1n) is 6.22. The fraction of sp³-hybridized carbons (Fsp3) is 0.667. The summed E-state index contributed by atoms with van der Waals surface area (Å²) in [7, 11) is 0. The highest BCUT2D eigenvalue weighted by Crippen LogP contribution is 2.29. The first kappa shape index (κ1) is 12.0. The Morgan fingerprint density at radius 1 is 1.71 bits per heavy atom. The maximum atomic E-state index is 12.1. The molecule has 2 heterocycles. The minimum absolute atomic E-state index is 0.0144. The van der Waals surface area contributed by atoms with Gasteiger partial charge in [-0.1, -0.05) is 6.92 Å². The molecule has 1 atom stereocenters. The molecule has 2 N–H and O–H groups in total. The maximum Gasteiger partial charge on any atom is 0.318 e. The smallest absolute Gasteiger partial charge is 0.318 e. The summed E-state index contributed by atoms with van der Waals surface area (Å²) in [6, 6.07) is 0.282. The number of nitrogens with zero attached hydrogens (tertiary/aromatic N) is 2. The second kappa shape index (κ2) is 4.77. The number of carbonyl (C=O) groups excluding carboxylic acids is 1. The van der Waals surface area contributed by atoms with Crippen LogP contribution in [-0.2, 0) is 6.42 Å². The first-order valence-corrected chi connectivity index (χ1v) is 6.22. The molecule has 0 radical (unpaired) electrons. The van der Waals surface area contributed by atoms with Gasteiger partial charge in [-0.3, -0.25) is 0 Å². The normalized spacial score (nSPS) is 19.3. The molecular formula is C12H20N4O. The molecule has 5 heteroatoms. The third-order valence-corrected chi connectivity index (χ3v) is 3.11. The van der Waals surface area contributed by atoms with Crippen LogP contribution in [0.1, 0.15) is 44.6 Å². The van der Waals surface area contributed by atoms with Crippen molar-refractivity contribution in [3.8, 4) is 0 Å². The van der Waals surface area contributed by atoms with Gasteiger partial charge < -0.3 is 15.2 Å². The summed E-state index contributed by atoms with van der Waals surface area (Å²) >= 11 is 0. The Hall–Kier alpha value is -1.52. The number of amides is 2.